The molecule has 0 saturated heterocycles. The Labute approximate surface area is 269 Å². The van der Waals surface area contributed by atoms with Crippen molar-refractivity contribution in [2.45, 2.75) is 181 Å². The minimum atomic E-state index is -4.58. The Balaban J connectivity index is 0. The second kappa shape index (κ2) is 31.0. The molecule has 0 aromatic carbocycles. The van der Waals surface area contributed by atoms with E-state index in [2.05, 4.69) is 18.0 Å². The predicted octanol–water partition coefficient (Wildman–Crippen LogP) is 7.27. The van der Waals surface area contributed by atoms with E-state index in [4.69, 9.17) is 0 Å². The molecule has 4 nitrogen and oxygen atoms in total. The number of hydrogen-bond acceptors (Lipinski definition) is 4. The van der Waals surface area contributed by atoms with Crippen molar-refractivity contribution in [2.24, 2.45) is 5.92 Å². The van der Waals surface area contributed by atoms with Gasteiger partial charge in [-0.3, -0.25) is 4.18 Å². The van der Waals surface area contributed by atoms with E-state index >= 15 is 0 Å². The van der Waals surface area contributed by atoms with E-state index in [1.165, 1.54) is 141 Å². The van der Waals surface area contributed by atoms with E-state index in [-0.39, 0.29) is 63.9 Å². The largest absolute Gasteiger partial charge is 1.00 e. The van der Waals surface area contributed by atoms with E-state index in [0.717, 1.165) is 25.7 Å². The molecule has 212 valence electrons. The summed E-state index contributed by atoms with van der Waals surface area (Å²) in [4.78, 5) is 0. The third kappa shape index (κ3) is 33.5. The fraction of sp³-hybridized carbons (Fsp3) is 1.00. The van der Waals surface area contributed by atoms with Crippen molar-refractivity contribution in [1.82, 2.24) is 0 Å². The molecule has 0 N–H and O–H groups in total. The molecular formula is C30H61KO4S. The van der Waals surface area contributed by atoms with Crippen LogP contribution >= 0.6 is 0 Å². The molecule has 1 atom stereocenters. The fourth-order valence-corrected chi connectivity index (χ4v) is 5.40. The van der Waals surface area contributed by atoms with Crippen LogP contribution in [0.15, 0.2) is 0 Å². The van der Waals surface area contributed by atoms with E-state index in [1.807, 2.05) is 0 Å². The summed E-state index contributed by atoms with van der Waals surface area (Å²) in [7, 11) is -4.58. The summed E-state index contributed by atoms with van der Waals surface area (Å²) in [5.41, 5.74) is 0. The van der Waals surface area contributed by atoms with Crippen molar-refractivity contribution < 1.29 is 68.5 Å². The molecule has 0 aliphatic heterocycles. The second-order valence-electron chi connectivity index (χ2n) is 10.9. The maximum absolute atomic E-state index is 10.9. The smallest absolute Gasteiger partial charge is 0.726 e. The molecule has 1 unspecified atom stereocenters. The van der Waals surface area contributed by atoms with Gasteiger partial charge in [0.05, 0.1) is 6.61 Å². The third-order valence-electron chi connectivity index (χ3n) is 7.38. The zero-order chi connectivity index (χ0) is 25.9. The molecule has 0 amide bonds. The van der Waals surface area contributed by atoms with Gasteiger partial charge in [-0.05, 0) is 18.8 Å². The molecule has 36 heavy (non-hydrogen) atoms. The van der Waals surface area contributed by atoms with E-state index in [9.17, 15) is 13.0 Å². The molecule has 0 heterocycles. The number of hydrogen-bond donors (Lipinski definition) is 0. The van der Waals surface area contributed by atoms with Crippen LogP contribution in [0.25, 0.3) is 0 Å². The van der Waals surface area contributed by atoms with Gasteiger partial charge in [-0.15, -0.1) is 0 Å². The van der Waals surface area contributed by atoms with Crippen LogP contribution in [0.2, 0.25) is 0 Å². The van der Waals surface area contributed by atoms with Crippen LogP contribution < -0.4 is 51.4 Å². The molecular weight excluding hydrogens is 495 g/mol. The van der Waals surface area contributed by atoms with Crippen molar-refractivity contribution in [3.63, 3.8) is 0 Å². The molecule has 0 radical (unpaired) electrons. The Morgan fingerprint density at radius 1 is 0.500 bits per heavy atom. The topological polar surface area (TPSA) is 66.4 Å². The van der Waals surface area contributed by atoms with Crippen molar-refractivity contribution in [3.8, 4) is 0 Å². The average molecular weight is 557 g/mol. The van der Waals surface area contributed by atoms with Gasteiger partial charge in [-0.1, -0.05) is 168 Å². The molecule has 0 aliphatic carbocycles. The molecule has 0 aromatic rings. The van der Waals surface area contributed by atoms with Crippen LogP contribution in [0.1, 0.15) is 181 Å². The zero-order valence-corrected chi connectivity index (χ0v) is 28.7. The summed E-state index contributed by atoms with van der Waals surface area (Å²) in [6.07, 6.45) is 33.7. The first-order valence-corrected chi connectivity index (χ1v) is 16.9. The number of rotatable bonds is 29. The van der Waals surface area contributed by atoms with Crippen LogP contribution in [0.5, 0.6) is 0 Å². The van der Waals surface area contributed by atoms with Crippen molar-refractivity contribution in [3.05, 3.63) is 0 Å². The van der Waals surface area contributed by atoms with Gasteiger partial charge in [0, 0.05) is 0 Å². The van der Waals surface area contributed by atoms with Gasteiger partial charge in [-0.25, -0.2) is 8.42 Å². The van der Waals surface area contributed by atoms with Gasteiger partial charge in [-0.2, -0.15) is 0 Å². The van der Waals surface area contributed by atoms with Gasteiger partial charge >= 0.3 is 51.4 Å². The molecule has 0 aliphatic rings. The number of unbranched alkanes of at least 4 members (excludes halogenated alkanes) is 22. The summed E-state index contributed by atoms with van der Waals surface area (Å²) in [5, 5.41) is 0. The van der Waals surface area contributed by atoms with E-state index in [1.54, 1.807) is 0 Å². The molecule has 0 rings (SSSR count). The Bertz CT molecular complexity index is 513. The average Bonchev–Trinajstić information content (AvgIpc) is 2.82. The van der Waals surface area contributed by atoms with Gasteiger partial charge in [0.15, 0.2) is 0 Å². The first kappa shape index (κ1) is 39.6. The molecule has 0 saturated carbocycles. The first-order chi connectivity index (χ1) is 17.0. The second-order valence-corrected chi connectivity index (χ2v) is 12.0. The Morgan fingerprint density at radius 2 is 0.750 bits per heavy atom. The molecule has 0 aromatic heterocycles. The first-order valence-electron chi connectivity index (χ1n) is 15.6. The summed E-state index contributed by atoms with van der Waals surface area (Å²) in [6, 6.07) is 0. The minimum Gasteiger partial charge on any atom is -0.726 e. The Morgan fingerprint density at radius 3 is 1.00 bits per heavy atom. The van der Waals surface area contributed by atoms with Crippen LogP contribution in [-0.2, 0) is 14.6 Å². The third-order valence-corrected chi connectivity index (χ3v) is 7.80. The summed E-state index contributed by atoms with van der Waals surface area (Å²) < 4.78 is 37.3. The van der Waals surface area contributed by atoms with Crippen molar-refractivity contribution in [2.75, 3.05) is 6.61 Å². The minimum absolute atomic E-state index is 0. The predicted molar refractivity (Wildman–Crippen MR) is 151 cm³/mol. The van der Waals surface area contributed by atoms with Crippen LogP contribution in [0.4, 0.5) is 0 Å². The van der Waals surface area contributed by atoms with Crippen LogP contribution in [0.3, 0.4) is 0 Å². The monoisotopic (exact) mass is 556 g/mol. The van der Waals surface area contributed by atoms with E-state index < -0.39 is 10.4 Å². The Kier molecular flexibility index (Phi) is 34.2. The summed E-state index contributed by atoms with van der Waals surface area (Å²) >= 11 is 0. The summed E-state index contributed by atoms with van der Waals surface area (Å²) in [6.45, 7) is 4.60. The van der Waals surface area contributed by atoms with Crippen molar-refractivity contribution in [1.29, 1.82) is 0 Å². The van der Waals surface area contributed by atoms with Gasteiger partial charge in [0.1, 0.15) is 0 Å². The Hall–Kier alpha value is 1.51. The maximum Gasteiger partial charge on any atom is 1.00 e. The van der Waals surface area contributed by atoms with Gasteiger partial charge in [0.25, 0.3) is 0 Å². The summed E-state index contributed by atoms with van der Waals surface area (Å²) in [5.74, 6) is 0.199. The molecule has 0 spiro atoms. The molecule has 6 heteroatoms. The van der Waals surface area contributed by atoms with Crippen molar-refractivity contribution >= 4 is 10.4 Å². The van der Waals surface area contributed by atoms with Gasteiger partial charge in [0.2, 0.25) is 10.4 Å². The maximum atomic E-state index is 10.9. The van der Waals surface area contributed by atoms with Crippen LogP contribution in [-0.4, -0.2) is 19.6 Å². The fourth-order valence-electron chi connectivity index (χ4n) is 5.04. The molecule has 0 fully saturated rings. The van der Waals surface area contributed by atoms with E-state index in [0.29, 0.717) is 0 Å². The normalized spacial score (nSPS) is 12.5. The standard InChI is InChI=1S/C30H62O4S.K/c1-3-5-7-9-11-13-15-16-18-20-22-24-26-28-30(29-34-35(31,32)33)27-25-23-21-19-17-14-12-10-8-6-4-2;/h30H,3-29H2,1-2H3,(H,31,32,33);/q;+1/p-1. The molecule has 0 bridgehead atoms. The van der Waals surface area contributed by atoms with Crippen LogP contribution in [0, 0.1) is 5.92 Å². The quantitative estimate of drug-likeness (QED) is 0.0421. The zero-order valence-electron chi connectivity index (χ0n) is 24.7. The van der Waals surface area contributed by atoms with Gasteiger partial charge < -0.3 is 4.55 Å². The SMILES string of the molecule is CCCCCCCCCCCCCCCC(CCCCCCCCCCCCC)COS(=O)(=O)[O-].[K+].